The van der Waals surface area contributed by atoms with Gasteiger partial charge in [0.25, 0.3) is 0 Å². The Morgan fingerprint density at radius 1 is 1.26 bits per heavy atom. The molecule has 1 amide bonds. The number of piperazine rings is 1. The summed E-state index contributed by atoms with van der Waals surface area (Å²) in [6, 6.07) is 1.36. The van der Waals surface area contributed by atoms with Crippen molar-refractivity contribution in [2.24, 2.45) is 0 Å². The van der Waals surface area contributed by atoms with Crippen molar-refractivity contribution in [2.45, 2.75) is 51.6 Å². The number of amides is 1. The van der Waals surface area contributed by atoms with Crippen LogP contribution in [0.5, 0.6) is 0 Å². The molecule has 2 heterocycles. The van der Waals surface area contributed by atoms with E-state index >= 15 is 0 Å². The van der Waals surface area contributed by atoms with E-state index in [-0.39, 0.29) is 12.4 Å². The molecule has 0 saturated carbocycles. The van der Waals surface area contributed by atoms with Crippen molar-refractivity contribution in [1.29, 1.82) is 0 Å². The number of hydrogen-bond acceptors (Lipinski definition) is 3. The van der Waals surface area contributed by atoms with Gasteiger partial charge in [0.1, 0.15) is 0 Å². The second-order valence-corrected chi connectivity index (χ2v) is 5.61. The van der Waals surface area contributed by atoms with Crippen LogP contribution in [0.25, 0.3) is 0 Å². The van der Waals surface area contributed by atoms with Gasteiger partial charge in [0, 0.05) is 51.2 Å². The number of halogens is 1. The fraction of sp³-hybridized carbons (Fsp3) is 0.929. The Balaban J connectivity index is 0.00000180. The molecule has 5 heteroatoms. The van der Waals surface area contributed by atoms with Gasteiger partial charge in [0.05, 0.1) is 0 Å². The van der Waals surface area contributed by atoms with Gasteiger partial charge in [-0.05, 0) is 26.2 Å². The maximum Gasteiger partial charge on any atom is 0.223 e. The van der Waals surface area contributed by atoms with Crippen LogP contribution in [-0.4, -0.2) is 60.5 Å². The maximum absolute atomic E-state index is 12.1. The molecule has 19 heavy (non-hydrogen) atoms. The summed E-state index contributed by atoms with van der Waals surface area (Å²) in [5.74, 6) is 0.338. The molecule has 0 bridgehead atoms. The van der Waals surface area contributed by atoms with Crippen molar-refractivity contribution >= 4 is 18.3 Å². The SMILES string of the molecule is CCC1CCC(C)N1CCC(=O)N1CCNCC1.Cl. The third-order valence-electron chi connectivity index (χ3n) is 4.48. The molecule has 2 saturated heterocycles. The predicted octanol–water partition coefficient (Wildman–Crippen LogP) is 1.49. The highest BCUT2D eigenvalue weighted by molar-refractivity contribution is 5.85. The summed E-state index contributed by atoms with van der Waals surface area (Å²) in [5.41, 5.74) is 0. The summed E-state index contributed by atoms with van der Waals surface area (Å²) in [5, 5.41) is 3.29. The first-order valence-corrected chi connectivity index (χ1v) is 7.46. The van der Waals surface area contributed by atoms with E-state index < -0.39 is 0 Å². The molecule has 1 N–H and O–H groups in total. The van der Waals surface area contributed by atoms with E-state index in [0.29, 0.717) is 24.4 Å². The van der Waals surface area contributed by atoms with Gasteiger partial charge in [-0.1, -0.05) is 6.92 Å². The van der Waals surface area contributed by atoms with Gasteiger partial charge in [-0.2, -0.15) is 0 Å². The first kappa shape index (κ1) is 16.7. The number of likely N-dealkylation sites (tertiary alicyclic amines) is 1. The quantitative estimate of drug-likeness (QED) is 0.852. The van der Waals surface area contributed by atoms with E-state index in [9.17, 15) is 4.79 Å². The molecular weight excluding hydrogens is 262 g/mol. The lowest BCUT2D eigenvalue weighted by Gasteiger charge is -2.30. The predicted molar refractivity (Wildman–Crippen MR) is 80.8 cm³/mol. The van der Waals surface area contributed by atoms with E-state index in [1.165, 1.54) is 19.3 Å². The highest BCUT2D eigenvalue weighted by atomic mass is 35.5. The van der Waals surface area contributed by atoms with Crippen LogP contribution in [0.2, 0.25) is 0 Å². The molecule has 2 aliphatic heterocycles. The molecule has 0 aromatic heterocycles. The smallest absolute Gasteiger partial charge is 0.223 e. The Morgan fingerprint density at radius 2 is 1.95 bits per heavy atom. The number of nitrogens with one attached hydrogen (secondary N) is 1. The van der Waals surface area contributed by atoms with Crippen molar-refractivity contribution in [1.82, 2.24) is 15.1 Å². The summed E-state index contributed by atoms with van der Waals surface area (Å²) in [6.07, 6.45) is 4.51. The van der Waals surface area contributed by atoms with E-state index in [2.05, 4.69) is 24.1 Å². The zero-order valence-electron chi connectivity index (χ0n) is 12.2. The number of nitrogens with zero attached hydrogens (tertiary/aromatic N) is 2. The number of carbonyl (C=O) groups is 1. The average molecular weight is 290 g/mol. The molecular formula is C14H28ClN3O. The molecule has 0 aromatic carbocycles. The second kappa shape index (κ2) is 8.08. The minimum atomic E-state index is 0. The van der Waals surface area contributed by atoms with Gasteiger partial charge in [0.15, 0.2) is 0 Å². The molecule has 2 fully saturated rings. The molecule has 2 aliphatic rings. The topological polar surface area (TPSA) is 35.6 Å². The van der Waals surface area contributed by atoms with Gasteiger partial charge in [-0.25, -0.2) is 0 Å². The number of rotatable bonds is 4. The second-order valence-electron chi connectivity index (χ2n) is 5.61. The van der Waals surface area contributed by atoms with Crippen LogP contribution in [0.4, 0.5) is 0 Å². The first-order chi connectivity index (χ1) is 8.72. The molecule has 0 aliphatic carbocycles. The van der Waals surface area contributed by atoms with E-state index in [0.717, 1.165) is 32.7 Å². The molecule has 2 atom stereocenters. The molecule has 2 unspecified atom stereocenters. The van der Waals surface area contributed by atoms with Crippen molar-refractivity contribution < 1.29 is 4.79 Å². The normalized spacial score (nSPS) is 28.2. The molecule has 0 radical (unpaired) electrons. The van der Waals surface area contributed by atoms with Crippen LogP contribution >= 0.6 is 12.4 Å². The highest BCUT2D eigenvalue weighted by Gasteiger charge is 2.29. The monoisotopic (exact) mass is 289 g/mol. The fourth-order valence-electron chi connectivity index (χ4n) is 3.26. The summed E-state index contributed by atoms with van der Waals surface area (Å²) in [6.45, 7) is 9.16. The molecule has 2 rings (SSSR count). The Hall–Kier alpha value is -0.320. The number of carbonyl (C=O) groups excluding carboxylic acids is 1. The van der Waals surface area contributed by atoms with Gasteiger partial charge in [0.2, 0.25) is 5.91 Å². The zero-order valence-corrected chi connectivity index (χ0v) is 13.0. The van der Waals surface area contributed by atoms with Crippen LogP contribution in [0.3, 0.4) is 0 Å². The summed E-state index contributed by atoms with van der Waals surface area (Å²) >= 11 is 0. The Labute approximate surface area is 123 Å². The van der Waals surface area contributed by atoms with Crippen LogP contribution in [0.1, 0.15) is 39.5 Å². The lowest BCUT2D eigenvalue weighted by Crippen LogP contribution is -2.47. The van der Waals surface area contributed by atoms with Crippen molar-refractivity contribution in [2.75, 3.05) is 32.7 Å². The largest absolute Gasteiger partial charge is 0.340 e. The summed E-state index contributed by atoms with van der Waals surface area (Å²) in [4.78, 5) is 16.7. The lowest BCUT2D eigenvalue weighted by atomic mass is 10.1. The molecule has 112 valence electrons. The first-order valence-electron chi connectivity index (χ1n) is 7.46. The molecule has 0 aromatic rings. The molecule has 0 spiro atoms. The van der Waals surface area contributed by atoms with Gasteiger partial charge in [-0.15, -0.1) is 12.4 Å². The van der Waals surface area contributed by atoms with Crippen LogP contribution in [-0.2, 0) is 4.79 Å². The standard InChI is InChI=1S/C14H27N3O.ClH/c1-3-13-5-4-12(2)17(13)9-6-14(18)16-10-7-15-8-11-16;/h12-13,15H,3-11H2,1-2H3;1H. The van der Waals surface area contributed by atoms with Crippen LogP contribution in [0.15, 0.2) is 0 Å². The molecule has 4 nitrogen and oxygen atoms in total. The van der Waals surface area contributed by atoms with E-state index in [1.54, 1.807) is 0 Å². The minimum Gasteiger partial charge on any atom is -0.340 e. The van der Waals surface area contributed by atoms with E-state index in [4.69, 9.17) is 0 Å². The highest BCUT2D eigenvalue weighted by Crippen LogP contribution is 2.25. The van der Waals surface area contributed by atoms with Crippen LogP contribution in [0, 0.1) is 0 Å². The Kier molecular flexibility index (Phi) is 7.11. The lowest BCUT2D eigenvalue weighted by molar-refractivity contribution is -0.132. The van der Waals surface area contributed by atoms with Gasteiger partial charge >= 0.3 is 0 Å². The minimum absolute atomic E-state index is 0. The Morgan fingerprint density at radius 3 is 2.58 bits per heavy atom. The van der Waals surface area contributed by atoms with Crippen molar-refractivity contribution in [3.63, 3.8) is 0 Å². The van der Waals surface area contributed by atoms with Gasteiger partial charge < -0.3 is 10.2 Å². The average Bonchev–Trinajstić information content (AvgIpc) is 2.77. The van der Waals surface area contributed by atoms with Crippen molar-refractivity contribution in [3.8, 4) is 0 Å². The fourth-order valence-corrected chi connectivity index (χ4v) is 3.26. The Bertz CT molecular complexity index is 282. The van der Waals surface area contributed by atoms with Gasteiger partial charge in [-0.3, -0.25) is 9.69 Å². The number of hydrogen-bond donors (Lipinski definition) is 1. The summed E-state index contributed by atoms with van der Waals surface area (Å²) < 4.78 is 0. The van der Waals surface area contributed by atoms with Crippen molar-refractivity contribution in [3.05, 3.63) is 0 Å². The zero-order chi connectivity index (χ0) is 13.0. The summed E-state index contributed by atoms with van der Waals surface area (Å²) in [7, 11) is 0. The third-order valence-corrected chi connectivity index (χ3v) is 4.48. The van der Waals surface area contributed by atoms with Crippen LogP contribution < -0.4 is 5.32 Å². The van der Waals surface area contributed by atoms with E-state index in [1.807, 2.05) is 4.90 Å². The third kappa shape index (κ3) is 4.33. The maximum atomic E-state index is 12.1.